The van der Waals surface area contributed by atoms with E-state index in [1.165, 1.54) is 10.5 Å². The van der Waals surface area contributed by atoms with Crippen molar-refractivity contribution in [1.82, 2.24) is 0 Å². The lowest BCUT2D eigenvalue weighted by Crippen LogP contribution is -2.04. The topological polar surface area (TPSA) is 20.2 Å². The maximum absolute atomic E-state index is 9.88. The quantitative estimate of drug-likeness (QED) is 0.730. The minimum atomic E-state index is -0.484. The van der Waals surface area contributed by atoms with E-state index < -0.39 is 5.60 Å². The minimum absolute atomic E-state index is 0.484. The Morgan fingerprint density at radius 3 is 2.54 bits per heavy atom. The lowest BCUT2D eigenvalue weighted by Gasteiger charge is -2.10. The van der Waals surface area contributed by atoms with Crippen LogP contribution >= 0.6 is 11.8 Å². The van der Waals surface area contributed by atoms with Crippen molar-refractivity contribution in [1.29, 1.82) is 0 Å². The molecule has 1 saturated carbocycles. The molecule has 1 fully saturated rings. The van der Waals surface area contributed by atoms with Gasteiger partial charge in [-0.15, -0.1) is 11.8 Å². The van der Waals surface area contributed by atoms with Crippen molar-refractivity contribution in [2.75, 3.05) is 6.26 Å². The second kappa shape index (κ2) is 3.03. The Labute approximate surface area is 83.2 Å². The Hall–Kier alpha value is -0.470. The van der Waals surface area contributed by atoms with Crippen molar-refractivity contribution < 1.29 is 5.11 Å². The molecule has 0 radical (unpaired) electrons. The van der Waals surface area contributed by atoms with Crippen LogP contribution in [0.15, 0.2) is 23.1 Å². The van der Waals surface area contributed by atoms with Crippen molar-refractivity contribution in [2.45, 2.75) is 30.3 Å². The van der Waals surface area contributed by atoms with Gasteiger partial charge in [0, 0.05) is 4.90 Å². The van der Waals surface area contributed by atoms with Crippen LogP contribution < -0.4 is 0 Å². The molecule has 0 aromatic heterocycles. The maximum Gasteiger partial charge on any atom is 0.0899 e. The molecular formula is C11H14OS. The lowest BCUT2D eigenvalue weighted by molar-refractivity contribution is 0.151. The highest BCUT2D eigenvalue weighted by Crippen LogP contribution is 2.45. The monoisotopic (exact) mass is 194 g/mol. The van der Waals surface area contributed by atoms with Crippen LogP contribution in [0.2, 0.25) is 0 Å². The molecule has 1 aromatic rings. The first kappa shape index (κ1) is 9.10. The summed E-state index contributed by atoms with van der Waals surface area (Å²) in [5, 5.41) is 9.88. The number of benzene rings is 1. The van der Waals surface area contributed by atoms with Gasteiger partial charge in [0.1, 0.15) is 0 Å². The van der Waals surface area contributed by atoms with Gasteiger partial charge in [-0.25, -0.2) is 0 Å². The van der Waals surface area contributed by atoms with Gasteiger partial charge in [0.15, 0.2) is 0 Å². The van der Waals surface area contributed by atoms with Gasteiger partial charge in [0.2, 0.25) is 0 Å². The minimum Gasteiger partial charge on any atom is -0.385 e. The van der Waals surface area contributed by atoms with Crippen LogP contribution in [0, 0.1) is 6.92 Å². The van der Waals surface area contributed by atoms with Gasteiger partial charge in [0.25, 0.3) is 0 Å². The molecule has 1 aliphatic rings. The van der Waals surface area contributed by atoms with Gasteiger partial charge in [-0.05, 0) is 43.2 Å². The van der Waals surface area contributed by atoms with Crippen LogP contribution in [0.4, 0.5) is 0 Å². The predicted molar refractivity (Wildman–Crippen MR) is 56.1 cm³/mol. The van der Waals surface area contributed by atoms with E-state index in [4.69, 9.17) is 0 Å². The first-order valence-corrected chi connectivity index (χ1v) is 5.76. The summed E-state index contributed by atoms with van der Waals surface area (Å²) < 4.78 is 0. The van der Waals surface area contributed by atoms with E-state index >= 15 is 0 Å². The maximum atomic E-state index is 9.88. The van der Waals surface area contributed by atoms with Crippen LogP contribution in [-0.2, 0) is 5.60 Å². The number of hydrogen-bond acceptors (Lipinski definition) is 2. The smallest absolute Gasteiger partial charge is 0.0899 e. The fraction of sp³-hybridized carbons (Fsp3) is 0.455. The second-order valence-corrected chi connectivity index (χ2v) is 4.56. The fourth-order valence-electron chi connectivity index (χ4n) is 1.57. The van der Waals surface area contributed by atoms with Gasteiger partial charge >= 0.3 is 0 Å². The molecule has 0 spiro atoms. The molecule has 0 aliphatic heterocycles. The number of hydrogen-bond donors (Lipinski definition) is 1. The van der Waals surface area contributed by atoms with E-state index in [9.17, 15) is 5.11 Å². The third-order valence-corrected chi connectivity index (χ3v) is 3.55. The summed E-state index contributed by atoms with van der Waals surface area (Å²) >= 11 is 1.75. The molecule has 0 amide bonds. The molecule has 70 valence electrons. The summed E-state index contributed by atoms with van der Waals surface area (Å²) in [5.74, 6) is 0. The number of aryl methyl sites for hydroxylation is 1. The predicted octanol–water partition coefficient (Wildman–Crippen LogP) is 2.70. The standard InChI is InChI=1S/C11H14OS/c1-8-7-9(11(12)5-6-11)3-4-10(8)13-2/h3-4,7,12H,5-6H2,1-2H3. The molecule has 2 rings (SSSR count). The van der Waals surface area contributed by atoms with Crippen LogP contribution in [0.3, 0.4) is 0 Å². The average Bonchev–Trinajstić information content (AvgIpc) is 2.85. The molecule has 2 heteroatoms. The summed E-state index contributed by atoms with van der Waals surface area (Å²) in [7, 11) is 0. The molecule has 1 aliphatic carbocycles. The Morgan fingerprint density at radius 1 is 1.38 bits per heavy atom. The largest absolute Gasteiger partial charge is 0.385 e. The number of rotatable bonds is 2. The van der Waals surface area contributed by atoms with E-state index in [1.54, 1.807) is 11.8 Å². The Bertz CT molecular complexity index is 329. The van der Waals surface area contributed by atoms with Gasteiger partial charge in [-0.2, -0.15) is 0 Å². The highest BCUT2D eigenvalue weighted by Gasteiger charge is 2.42. The normalized spacial score (nSPS) is 18.7. The summed E-state index contributed by atoms with van der Waals surface area (Å²) in [6.45, 7) is 2.10. The molecule has 0 saturated heterocycles. The molecule has 0 atom stereocenters. The fourth-order valence-corrected chi connectivity index (χ4v) is 2.16. The molecule has 0 heterocycles. The molecule has 1 aromatic carbocycles. The first-order chi connectivity index (χ1) is 6.15. The van der Waals surface area contributed by atoms with Crippen molar-refractivity contribution in [3.05, 3.63) is 29.3 Å². The SMILES string of the molecule is CSc1ccc(C2(O)CC2)cc1C. The van der Waals surface area contributed by atoms with Gasteiger partial charge < -0.3 is 5.11 Å². The number of aliphatic hydroxyl groups is 1. The lowest BCUT2D eigenvalue weighted by atomic mass is 10.1. The second-order valence-electron chi connectivity index (χ2n) is 3.72. The molecule has 0 unspecified atom stereocenters. The molecule has 13 heavy (non-hydrogen) atoms. The van der Waals surface area contributed by atoms with E-state index in [2.05, 4.69) is 25.3 Å². The van der Waals surface area contributed by atoms with Crippen molar-refractivity contribution in [3.63, 3.8) is 0 Å². The number of thioether (sulfide) groups is 1. The zero-order chi connectivity index (χ0) is 9.47. The van der Waals surface area contributed by atoms with Crippen LogP contribution in [-0.4, -0.2) is 11.4 Å². The van der Waals surface area contributed by atoms with E-state index in [0.29, 0.717) is 0 Å². The summed E-state index contributed by atoms with van der Waals surface area (Å²) in [5.41, 5.74) is 1.87. The van der Waals surface area contributed by atoms with Crippen molar-refractivity contribution >= 4 is 11.8 Å². The van der Waals surface area contributed by atoms with Crippen LogP contribution in [0.1, 0.15) is 24.0 Å². The van der Waals surface area contributed by atoms with E-state index in [-0.39, 0.29) is 0 Å². The van der Waals surface area contributed by atoms with Gasteiger partial charge in [-0.3, -0.25) is 0 Å². The first-order valence-electron chi connectivity index (χ1n) is 4.53. The van der Waals surface area contributed by atoms with Crippen molar-refractivity contribution in [3.8, 4) is 0 Å². The van der Waals surface area contributed by atoms with Crippen LogP contribution in [0.5, 0.6) is 0 Å². The van der Waals surface area contributed by atoms with Crippen LogP contribution in [0.25, 0.3) is 0 Å². The van der Waals surface area contributed by atoms with E-state index in [1.807, 2.05) is 6.07 Å². The summed E-state index contributed by atoms with van der Waals surface area (Å²) in [6, 6.07) is 6.26. The molecular weight excluding hydrogens is 180 g/mol. The van der Waals surface area contributed by atoms with Gasteiger partial charge in [-0.1, -0.05) is 12.1 Å². The highest BCUT2D eigenvalue weighted by molar-refractivity contribution is 7.98. The third-order valence-electron chi connectivity index (χ3n) is 2.66. The third kappa shape index (κ3) is 1.61. The Kier molecular flexibility index (Phi) is 2.12. The molecule has 1 N–H and O–H groups in total. The summed E-state index contributed by atoms with van der Waals surface area (Å²) in [6.07, 6.45) is 3.92. The van der Waals surface area contributed by atoms with Crippen molar-refractivity contribution in [2.24, 2.45) is 0 Å². The Balaban J connectivity index is 2.36. The van der Waals surface area contributed by atoms with E-state index in [0.717, 1.165) is 18.4 Å². The highest BCUT2D eigenvalue weighted by atomic mass is 32.2. The zero-order valence-corrected chi connectivity index (χ0v) is 8.82. The zero-order valence-electron chi connectivity index (χ0n) is 8.00. The molecule has 1 nitrogen and oxygen atoms in total. The molecule has 0 bridgehead atoms. The summed E-state index contributed by atoms with van der Waals surface area (Å²) in [4.78, 5) is 1.30. The van der Waals surface area contributed by atoms with Gasteiger partial charge in [0.05, 0.1) is 5.60 Å². The Morgan fingerprint density at radius 2 is 2.08 bits per heavy atom. The average molecular weight is 194 g/mol.